The number of aliphatic hydroxyl groups excluding tert-OH is 2. The number of carbonyl (C=O) groups excluding carboxylic acids is 2. The molecule has 10 nitrogen and oxygen atoms in total. The molecule has 3 atom stereocenters. The highest BCUT2D eigenvalue weighted by Crippen LogP contribution is 2.43. The molecule has 3 N–H and O–H groups in total. The number of ether oxygens (including phenoxy) is 2. The average molecular weight is 885 g/mol. The molecule has 0 bridgehead atoms. The monoisotopic (exact) mass is 885 g/mol. The first-order valence-corrected chi connectivity index (χ1v) is 26.4. The van der Waals surface area contributed by atoms with E-state index in [1.807, 2.05) is 0 Å². The Kier molecular flexibility index (Phi) is 44.8. The second kappa shape index (κ2) is 46.2. The van der Waals surface area contributed by atoms with Gasteiger partial charge in [-0.1, -0.05) is 185 Å². The Balaban J connectivity index is 3.86. The summed E-state index contributed by atoms with van der Waals surface area (Å²) in [6, 6.07) is 0. The van der Waals surface area contributed by atoms with Gasteiger partial charge in [-0.3, -0.25) is 18.6 Å². The number of carbonyl (C=O) groups is 2. The van der Waals surface area contributed by atoms with E-state index in [9.17, 15) is 29.3 Å². The lowest BCUT2D eigenvalue weighted by atomic mass is 10.1. The molecule has 0 saturated heterocycles. The zero-order chi connectivity index (χ0) is 44.8. The van der Waals surface area contributed by atoms with Gasteiger partial charge in [0.2, 0.25) is 0 Å². The van der Waals surface area contributed by atoms with Gasteiger partial charge in [0.25, 0.3) is 0 Å². The summed E-state index contributed by atoms with van der Waals surface area (Å²) < 4.78 is 32.7. The van der Waals surface area contributed by atoms with Crippen molar-refractivity contribution in [3.05, 3.63) is 36.5 Å². The van der Waals surface area contributed by atoms with Gasteiger partial charge in [0.05, 0.1) is 26.4 Å². The molecule has 0 fully saturated rings. The summed E-state index contributed by atoms with van der Waals surface area (Å²) in [7, 11) is -4.64. The van der Waals surface area contributed by atoms with Gasteiger partial charge < -0.3 is 24.6 Å². The van der Waals surface area contributed by atoms with Crippen LogP contribution in [0.4, 0.5) is 0 Å². The van der Waals surface area contributed by atoms with Crippen molar-refractivity contribution in [2.24, 2.45) is 0 Å². The Bertz CT molecular complexity index is 1110. The SMILES string of the molecule is CCCCCCC/C=C\C/C=C\CCCCCCCCCCCC(=O)OC(CO)COP(=O)(O)OCC(CO)OC(=O)CCCCCCCCC/C=C\CCCCCCCC. The lowest BCUT2D eigenvalue weighted by molar-refractivity contribution is -0.153. The maximum Gasteiger partial charge on any atom is 0.472 e. The van der Waals surface area contributed by atoms with Crippen LogP contribution in [-0.2, 0) is 32.7 Å². The molecule has 0 heterocycles. The van der Waals surface area contributed by atoms with Gasteiger partial charge in [-0.2, -0.15) is 0 Å². The molecule has 0 aliphatic rings. The molecule has 0 aromatic rings. The molecule has 0 rings (SSSR count). The molecule has 0 amide bonds. The third-order valence-electron chi connectivity index (χ3n) is 10.8. The minimum absolute atomic E-state index is 0.188. The molecule has 0 spiro atoms. The summed E-state index contributed by atoms with van der Waals surface area (Å²) in [4.78, 5) is 34.6. The Morgan fingerprint density at radius 3 is 1.03 bits per heavy atom. The zero-order valence-electron chi connectivity index (χ0n) is 39.1. The number of unbranched alkanes of at least 4 members (excludes halogenated alkanes) is 27. The van der Waals surface area contributed by atoms with Gasteiger partial charge in [-0.15, -0.1) is 0 Å². The minimum Gasteiger partial charge on any atom is -0.457 e. The van der Waals surface area contributed by atoms with Crippen molar-refractivity contribution in [3.63, 3.8) is 0 Å². The van der Waals surface area contributed by atoms with Crippen LogP contribution in [0.5, 0.6) is 0 Å². The van der Waals surface area contributed by atoms with Crippen LogP contribution in [-0.4, -0.2) is 65.7 Å². The summed E-state index contributed by atoms with van der Waals surface area (Å²) in [5, 5.41) is 19.2. The molecule has 0 aliphatic heterocycles. The maximum atomic E-state index is 12.4. The number of aliphatic hydroxyl groups is 2. The van der Waals surface area contributed by atoms with Crippen LogP contribution >= 0.6 is 7.82 Å². The quantitative estimate of drug-likeness (QED) is 0.0233. The van der Waals surface area contributed by atoms with E-state index in [1.54, 1.807) is 0 Å². The zero-order valence-corrected chi connectivity index (χ0v) is 40.0. The molecule has 11 heteroatoms. The van der Waals surface area contributed by atoms with Crippen molar-refractivity contribution in [2.45, 2.75) is 244 Å². The minimum atomic E-state index is -4.64. The summed E-state index contributed by atoms with van der Waals surface area (Å²) in [6.45, 7) is 2.21. The number of hydrogen-bond acceptors (Lipinski definition) is 9. The standard InChI is InChI=1S/C50H93O10P/c1-3-5-7-9-11-13-15-17-19-21-22-23-24-26-28-30-32-34-36-38-40-42-50(54)60-48(44-52)46-58-61(55,56)57-45-47(43-51)59-49(53)41-39-37-35-33-31-29-27-25-20-18-16-14-12-10-8-6-4-2/h15,17-18,20-22,47-48,51-52H,3-14,16,19,23-46H2,1-2H3,(H,55,56)/b17-15-,20-18-,22-21-. The van der Waals surface area contributed by atoms with Crippen LogP contribution in [0, 0.1) is 0 Å². The fraction of sp³-hybridized carbons (Fsp3) is 0.840. The molecule has 61 heavy (non-hydrogen) atoms. The normalized spacial score (nSPS) is 14.0. The fourth-order valence-electron chi connectivity index (χ4n) is 6.96. The number of hydrogen-bond donors (Lipinski definition) is 3. The molecular weight excluding hydrogens is 792 g/mol. The highest BCUT2D eigenvalue weighted by atomic mass is 31.2. The maximum absolute atomic E-state index is 12.4. The van der Waals surface area contributed by atoms with Crippen molar-refractivity contribution >= 4 is 19.8 Å². The Labute approximate surface area is 373 Å². The van der Waals surface area contributed by atoms with E-state index in [1.165, 1.54) is 135 Å². The van der Waals surface area contributed by atoms with Crippen LogP contribution < -0.4 is 0 Å². The average Bonchev–Trinajstić information content (AvgIpc) is 3.25. The van der Waals surface area contributed by atoms with E-state index in [2.05, 4.69) is 50.3 Å². The van der Waals surface area contributed by atoms with E-state index in [4.69, 9.17) is 18.5 Å². The van der Waals surface area contributed by atoms with Crippen molar-refractivity contribution in [2.75, 3.05) is 26.4 Å². The van der Waals surface area contributed by atoms with Crippen LogP contribution in [0.3, 0.4) is 0 Å². The molecule has 3 unspecified atom stereocenters. The van der Waals surface area contributed by atoms with E-state index in [0.29, 0.717) is 12.8 Å². The Morgan fingerprint density at radius 2 is 0.721 bits per heavy atom. The fourth-order valence-corrected chi connectivity index (χ4v) is 7.75. The third kappa shape index (κ3) is 44.6. The van der Waals surface area contributed by atoms with Gasteiger partial charge in [0.1, 0.15) is 12.2 Å². The second-order valence-corrected chi connectivity index (χ2v) is 18.2. The van der Waals surface area contributed by atoms with Gasteiger partial charge in [0.15, 0.2) is 0 Å². The highest BCUT2D eigenvalue weighted by Gasteiger charge is 2.27. The van der Waals surface area contributed by atoms with Gasteiger partial charge >= 0.3 is 19.8 Å². The van der Waals surface area contributed by atoms with Crippen molar-refractivity contribution in [3.8, 4) is 0 Å². The lowest BCUT2D eigenvalue weighted by Crippen LogP contribution is -2.28. The van der Waals surface area contributed by atoms with Crippen LogP contribution in [0.2, 0.25) is 0 Å². The number of esters is 2. The Hall–Kier alpha value is -1.81. The topological polar surface area (TPSA) is 149 Å². The number of rotatable bonds is 47. The Morgan fingerprint density at radius 1 is 0.443 bits per heavy atom. The smallest absolute Gasteiger partial charge is 0.457 e. The van der Waals surface area contributed by atoms with E-state index < -0.39 is 58.4 Å². The van der Waals surface area contributed by atoms with Crippen LogP contribution in [0.1, 0.15) is 232 Å². The van der Waals surface area contributed by atoms with Crippen LogP contribution in [0.25, 0.3) is 0 Å². The van der Waals surface area contributed by atoms with Gasteiger partial charge in [-0.25, -0.2) is 4.57 Å². The largest absolute Gasteiger partial charge is 0.472 e. The lowest BCUT2D eigenvalue weighted by Gasteiger charge is -2.20. The van der Waals surface area contributed by atoms with Gasteiger partial charge in [-0.05, 0) is 70.6 Å². The predicted octanol–water partition coefficient (Wildman–Crippen LogP) is 13.9. The number of allylic oxidation sites excluding steroid dienone is 6. The predicted molar refractivity (Wildman–Crippen MR) is 251 cm³/mol. The first-order valence-electron chi connectivity index (χ1n) is 24.9. The van der Waals surface area contributed by atoms with Crippen molar-refractivity contribution < 1.29 is 47.8 Å². The molecule has 0 aromatic carbocycles. The van der Waals surface area contributed by atoms with E-state index >= 15 is 0 Å². The summed E-state index contributed by atoms with van der Waals surface area (Å²) in [5.41, 5.74) is 0. The van der Waals surface area contributed by atoms with Gasteiger partial charge in [0, 0.05) is 12.8 Å². The van der Waals surface area contributed by atoms with E-state index in [-0.39, 0.29) is 12.8 Å². The molecule has 0 saturated carbocycles. The molecule has 0 aromatic heterocycles. The summed E-state index contributed by atoms with van der Waals surface area (Å²) in [5.74, 6) is -1.02. The molecule has 0 radical (unpaired) electrons. The number of phosphoric acid groups is 1. The van der Waals surface area contributed by atoms with Crippen LogP contribution in [0.15, 0.2) is 36.5 Å². The molecular formula is C50H93O10P. The highest BCUT2D eigenvalue weighted by molar-refractivity contribution is 7.47. The summed E-state index contributed by atoms with van der Waals surface area (Å²) >= 11 is 0. The third-order valence-corrected chi connectivity index (χ3v) is 11.8. The van der Waals surface area contributed by atoms with Crippen molar-refractivity contribution in [1.29, 1.82) is 0 Å². The first kappa shape index (κ1) is 59.2. The number of phosphoric ester groups is 1. The first-order chi connectivity index (χ1) is 29.8. The van der Waals surface area contributed by atoms with E-state index in [0.717, 1.165) is 57.8 Å². The summed E-state index contributed by atoms with van der Waals surface area (Å²) in [6.07, 6.45) is 49.7. The molecule has 358 valence electrons. The molecule has 0 aliphatic carbocycles. The van der Waals surface area contributed by atoms with Crippen molar-refractivity contribution in [1.82, 2.24) is 0 Å². The second-order valence-electron chi connectivity index (χ2n) is 16.8.